The van der Waals surface area contributed by atoms with E-state index in [2.05, 4.69) is 50.6 Å². The Labute approximate surface area is 210 Å². The first-order valence-electron chi connectivity index (χ1n) is 11.8. The Balaban J connectivity index is 0.00000289. The van der Waals surface area contributed by atoms with E-state index in [-0.39, 0.29) is 24.0 Å². The van der Waals surface area contributed by atoms with E-state index in [0.717, 1.165) is 35.6 Å². The molecule has 9 heteroatoms. The van der Waals surface area contributed by atoms with Crippen LogP contribution in [0.2, 0.25) is 0 Å². The maximum atomic E-state index is 13.4. The first-order chi connectivity index (χ1) is 16.1. The molecule has 3 atom stereocenters. The number of rotatable bonds is 4. The minimum absolute atomic E-state index is 0. The first-order valence-corrected chi connectivity index (χ1v) is 11.8. The summed E-state index contributed by atoms with van der Waals surface area (Å²) in [7, 11) is 2.18. The van der Waals surface area contributed by atoms with Crippen molar-refractivity contribution in [3.8, 4) is 0 Å². The van der Waals surface area contributed by atoms with Gasteiger partial charge in [0.2, 0.25) is 0 Å². The van der Waals surface area contributed by atoms with Crippen LogP contribution in [0.3, 0.4) is 0 Å². The largest absolute Gasteiger partial charge is 0.416 e. The molecule has 2 bridgehead atoms. The van der Waals surface area contributed by atoms with E-state index in [1.165, 1.54) is 31.5 Å². The zero-order valence-corrected chi connectivity index (χ0v) is 21.2. The first kappa shape index (κ1) is 25.5. The zero-order valence-electron chi connectivity index (χ0n) is 20.4. The summed E-state index contributed by atoms with van der Waals surface area (Å²) < 4.78 is 40.3. The summed E-state index contributed by atoms with van der Waals surface area (Å²) in [6, 6.07) is 11.4. The molecule has 2 aliphatic rings. The predicted molar refractivity (Wildman–Crippen MR) is 137 cm³/mol. The zero-order chi connectivity index (χ0) is 24.2. The average molecular weight is 506 g/mol. The van der Waals surface area contributed by atoms with Crippen LogP contribution >= 0.6 is 12.4 Å². The number of piperazine rings is 1. The molecule has 5 nitrogen and oxygen atoms in total. The number of fused-ring (bicyclic) bond motifs is 3. The number of likely N-dealkylation sites (N-methyl/N-ethyl adjacent to an activating group) is 1. The summed E-state index contributed by atoms with van der Waals surface area (Å²) in [5.41, 5.74) is 2.22. The summed E-state index contributed by atoms with van der Waals surface area (Å²) >= 11 is 0. The second kappa shape index (κ2) is 9.47. The number of benzene rings is 2. The van der Waals surface area contributed by atoms with Gasteiger partial charge in [-0.2, -0.15) is 18.3 Å². The Morgan fingerprint density at radius 3 is 2.34 bits per heavy atom. The molecule has 0 amide bonds. The average Bonchev–Trinajstić information content (AvgIpc) is 3.05. The van der Waals surface area contributed by atoms with Crippen molar-refractivity contribution in [2.24, 2.45) is 0 Å². The molecule has 2 fully saturated rings. The van der Waals surface area contributed by atoms with Crippen molar-refractivity contribution in [2.45, 2.75) is 57.9 Å². The van der Waals surface area contributed by atoms with Gasteiger partial charge in [-0.15, -0.1) is 17.5 Å². The van der Waals surface area contributed by atoms with Gasteiger partial charge in [-0.25, -0.2) is 0 Å². The van der Waals surface area contributed by atoms with Crippen LogP contribution in [-0.2, 0) is 6.18 Å². The number of hydrogen-bond donors (Lipinski definition) is 1. The molecule has 0 spiro atoms. The van der Waals surface area contributed by atoms with E-state index in [9.17, 15) is 13.2 Å². The van der Waals surface area contributed by atoms with Crippen LogP contribution in [0.25, 0.3) is 10.8 Å². The molecule has 3 heterocycles. The Hall–Kier alpha value is -2.58. The second-order valence-electron chi connectivity index (χ2n) is 9.76. The Bertz CT molecular complexity index is 1220. The van der Waals surface area contributed by atoms with Gasteiger partial charge in [0.15, 0.2) is 5.82 Å². The number of hydrogen-bond acceptors (Lipinski definition) is 5. The molecule has 2 saturated heterocycles. The van der Waals surface area contributed by atoms with Gasteiger partial charge >= 0.3 is 6.18 Å². The minimum Gasteiger partial charge on any atom is -0.363 e. The highest BCUT2D eigenvalue weighted by Gasteiger charge is 2.39. The third kappa shape index (κ3) is 4.66. The Kier molecular flexibility index (Phi) is 6.90. The summed E-state index contributed by atoms with van der Waals surface area (Å²) in [4.78, 5) is 4.95. The van der Waals surface area contributed by atoms with Crippen molar-refractivity contribution < 1.29 is 13.2 Å². The molecule has 0 aliphatic carbocycles. The van der Waals surface area contributed by atoms with Gasteiger partial charge in [-0.1, -0.05) is 18.2 Å². The number of likely N-dealkylation sites (tertiary alicyclic amines) is 1. The number of alkyl halides is 3. The van der Waals surface area contributed by atoms with Crippen LogP contribution in [0.15, 0.2) is 36.4 Å². The van der Waals surface area contributed by atoms with Gasteiger partial charge < -0.3 is 15.1 Å². The fourth-order valence-corrected chi connectivity index (χ4v) is 5.79. The molecule has 0 radical (unpaired) electrons. The number of aromatic nitrogens is 2. The molecule has 35 heavy (non-hydrogen) atoms. The van der Waals surface area contributed by atoms with Crippen molar-refractivity contribution in [1.29, 1.82) is 0 Å². The molecule has 3 aromatic rings. The lowest BCUT2D eigenvalue weighted by molar-refractivity contribution is -0.138. The van der Waals surface area contributed by atoms with Crippen LogP contribution in [0.4, 0.5) is 24.7 Å². The summed E-state index contributed by atoms with van der Waals surface area (Å²) in [6.45, 7) is 7.42. The lowest BCUT2D eigenvalue weighted by Gasteiger charge is -2.41. The van der Waals surface area contributed by atoms with Gasteiger partial charge in [0.25, 0.3) is 0 Å². The second-order valence-corrected chi connectivity index (χ2v) is 9.76. The highest BCUT2D eigenvalue weighted by molar-refractivity contribution is 5.95. The maximum Gasteiger partial charge on any atom is 0.416 e. The number of nitrogens with zero attached hydrogens (tertiary/aromatic N) is 4. The SMILES string of the molecule is Cc1c([C@@H](C)Nc2nnc(C)c3ccc(N4C5CCC4CN(C)C5)cc23)cccc1C(F)(F)F.Cl. The van der Waals surface area contributed by atoms with Gasteiger partial charge in [-0.3, -0.25) is 0 Å². The smallest absolute Gasteiger partial charge is 0.363 e. The van der Waals surface area contributed by atoms with E-state index in [1.54, 1.807) is 6.07 Å². The Morgan fingerprint density at radius 2 is 1.69 bits per heavy atom. The van der Waals surface area contributed by atoms with Gasteiger partial charge in [0.1, 0.15) is 0 Å². The number of anilines is 2. The summed E-state index contributed by atoms with van der Waals surface area (Å²) in [5, 5.41) is 14.0. The third-order valence-corrected chi connectivity index (χ3v) is 7.41. The van der Waals surface area contributed by atoms with Crippen molar-refractivity contribution in [3.05, 3.63) is 58.8 Å². The van der Waals surface area contributed by atoms with Crippen LogP contribution < -0.4 is 10.2 Å². The lowest BCUT2D eigenvalue weighted by atomic mass is 9.97. The standard InChI is InChI=1S/C26H30F3N5.ClH/c1-15-21(6-5-7-24(15)26(27,28)29)16(2)30-25-23-12-18(10-11-22(23)17(3)31-32-25)34-19-8-9-20(34)14-33(4)13-19;/h5-7,10-12,16,19-20H,8-9,13-14H2,1-4H3,(H,30,32);1H/t16-,19?,20?;/m1./s1. The molecule has 2 aromatic carbocycles. The molecule has 2 unspecified atom stereocenters. The topological polar surface area (TPSA) is 44.3 Å². The highest BCUT2D eigenvalue weighted by atomic mass is 35.5. The Morgan fingerprint density at radius 1 is 1.00 bits per heavy atom. The van der Waals surface area contributed by atoms with Crippen LogP contribution in [0.1, 0.15) is 48.2 Å². The van der Waals surface area contributed by atoms with Crippen molar-refractivity contribution in [1.82, 2.24) is 15.1 Å². The van der Waals surface area contributed by atoms with E-state index < -0.39 is 11.7 Å². The van der Waals surface area contributed by atoms with Crippen LogP contribution in [-0.4, -0.2) is 47.3 Å². The monoisotopic (exact) mass is 505 g/mol. The number of halogens is 4. The normalized spacial score (nSPS) is 21.2. The fourth-order valence-electron chi connectivity index (χ4n) is 5.79. The van der Waals surface area contributed by atoms with Gasteiger partial charge in [-0.05, 0) is 70.0 Å². The molecule has 2 aliphatic heterocycles. The van der Waals surface area contributed by atoms with E-state index >= 15 is 0 Å². The molecular weight excluding hydrogens is 475 g/mol. The highest BCUT2D eigenvalue weighted by Crippen LogP contribution is 2.38. The van der Waals surface area contributed by atoms with Crippen LogP contribution in [0, 0.1) is 13.8 Å². The third-order valence-electron chi connectivity index (χ3n) is 7.41. The number of aryl methyl sites for hydroxylation is 1. The van der Waals surface area contributed by atoms with E-state index in [1.807, 2.05) is 13.8 Å². The summed E-state index contributed by atoms with van der Waals surface area (Å²) in [6.07, 6.45) is -2.00. The van der Waals surface area contributed by atoms with Gasteiger partial charge in [0, 0.05) is 41.6 Å². The quantitative estimate of drug-likeness (QED) is 0.461. The van der Waals surface area contributed by atoms with Gasteiger partial charge in [0.05, 0.1) is 17.3 Å². The predicted octanol–water partition coefficient (Wildman–Crippen LogP) is 6.14. The lowest BCUT2D eigenvalue weighted by Crippen LogP contribution is -2.52. The molecule has 0 saturated carbocycles. The molecule has 188 valence electrons. The number of nitrogens with one attached hydrogen (secondary N) is 1. The van der Waals surface area contributed by atoms with Crippen LogP contribution in [0.5, 0.6) is 0 Å². The van der Waals surface area contributed by atoms with Crippen molar-refractivity contribution in [3.63, 3.8) is 0 Å². The minimum atomic E-state index is -4.38. The summed E-state index contributed by atoms with van der Waals surface area (Å²) in [5.74, 6) is 0.591. The van der Waals surface area contributed by atoms with Crippen molar-refractivity contribution in [2.75, 3.05) is 30.4 Å². The van der Waals surface area contributed by atoms with E-state index in [0.29, 0.717) is 23.5 Å². The van der Waals surface area contributed by atoms with E-state index in [4.69, 9.17) is 0 Å². The molecular formula is C26H31ClF3N5. The maximum absolute atomic E-state index is 13.4. The molecule has 5 rings (SSSR count). The fraction of sp³-hybridized carbons (Fsp3) is 0.462. The van der Waals surface area contributed by atoms with Crippen molar-refractivity contribution >= 4 is 34.7 Å². The molecule has 1 N–H and O–H groups in total. The molecule has 1 aromatic heterocycles.